The van der Waals surface area contributed by atoms with Crippen LogP contribution in [-0.4, -0.2) is 11.2 Å². The molecule has 1 N–H and O–H groups in total. The Morgan fingerprint density at radius 3 is 2.44 bits per heavy atom. The number of hydrogen-bond donors (Lipinski definition) is 1. The van der Waals surface area contributed by atoms with Crippen molar-refractivity contribution in [2.24, 2.45) is 0 Å². The summed E-state index contributed by atoms with van der Waals surface area (Å²) in [6, 6.07) is 6.06. The van der Waals surface area contributed by atoms with E-state index in [1.54, 1.807) is 6.92 Å². The summed E-state index contributed by atoms with van der Waals surface area (Å²) in [7, 11) is 0. The number of aliphatic hydroxyl groups excluding tert-OH is 1. The van der Waals surface area contributed by atoms with Crippen molar-refractivity contribution in [1.82, 2.24) is 0 Å². The van der Waals surface area contributed by atoms with Gasteiger partial charge in [0.2, 0.25) is 0 Å². The molecule has 0 heterocycles. The van der Waals surface area contributed by atoms with Gasteiger partial charge in [0.1, 0.15) is 5.75 Å². The van der Waals surface area contributed by atoms with E-state index >= 15 is 0 Å². The topological polar surface area (TPSA) is 29.5 Å². The normalized spacial score (nSPS) is 19.3. The first-order valence-electron chi connectivity index (χ1n) is 7.12. The maximum absolute atomic E-state index is 9.80. The summed E-state index contributed by atoms with van der Waals surface area (Å²) >= 11 is 0. The van der Waals surface area contributed by atoms with Gasteiger partial charge in [-0.25, -0.2) is 0 Å². The number of hydrogen-bond acceptors (Lipinski definition) is 2. The lowest BCUT2D eigenvalue weighted by Crippen LogP contribution is -2.16. The molecule has 1 atom stereocenters. The van der Waals surface area contributed by atoms with Crippen LogP contribution in [0.25, 0.3) is 0 Å². The lowest BCUT2D eigenvalue weighted by molar-refractivity contribution is 0.161. The molecule has 2 heteroatoms. The zero-order chi connectivity index (χ0) is 13.0. The predicted molar refractivity (Wildman–Crippen MR) is 73.9 cm³/mol. The second kappa shape index (κ2) is 6.24. The average molecular weight is 248 g/mol. The Morgan fingerprint density at radius 1 is 1.17 bits per heavy atom. The van der Waals surface area contributed by atoms with Crippen molar-refractivity contribution in [3.63, 3.8) is 0 Å². The molecule has 0 aromatic heterocycles. The van der Waals surface area contributed by atoms with Crippen molar-refractivity contribution in [2.45, 2.75) is 64.6 Å². The molecule has 1 aliphatic rings. The second-order valence-electron chi connectivity index (χ2n) is 5.45. The minimum Gasteiger partial charge on any atom is -0.490 e. The smallest absolute Gasteiger partial charge is 0.125 e. The predicted octanol–water partition coefficient (Wildman–Crippen LogP) is 4.15. The Balaban J connectivity index is 2.13. The van der Waals surface area contributed by atoms with E-state index in [2.05, 4.69) is 6.92 Å². The van der Waals surface area contributed by atoms with Gasteiger partial charge in [-0.3, -0.25) is 0 Å². The van der Waals surface area contributed by atoms with E-state index in [0.29, 0.717) is 6.10 Å². The van der Waals surface area contributed by atoms with Gasteiger partial charge < -0.3 is 9.84 Å². The van der Waals surface area contributed by atoms with Crippen LogP contribution in [0, 0.1) is 6.92 Å². The Bertz CT molecular complexity index is 377. The molecule has 1 saturated carbocycles. The number of aliphatic hydroxyl groups is 1. The first kappa shape index (κ1) is 13.4. The number of ether oxygens (including phenoxy) is 1. The van der Waals surface area contributed by atoms with Crippen LogP contribution < -0.4 is 4.74 Å². The fourth-order valence-electron chi connectivity index (χ4n) is 2.63. The summed E-state index contributed by atoms with van der Waals surface area (Å²) in [6.45, 7) is 3.86. The minimum atomic E-state index is -0.466. The fraction of sp³-hybridized carbons (Fsp3) is 0.625. The zero-order valence-corrected chi connectivity index (χ0v) is 11.5. The van der Waals surface area contributed by atoms with Crippen LogP contribution in [0.4, 0.5) is 0 Å². The molecular formula is C16H24O2. The molecule has 0 bridgehead atoms. The van der Waals surface area contributed by atoms with Crippen LogP contribution in [0.1, 0.15) is 62.7 Å². The molecule has 2 rings (SSSR count). The van der Waals surface area contributed by atoms with Crippen molar-refractivity contribution in [3.8, 4) is 5.75 Å². The highest BCUT2D eigenvalue weighted by molar-refractivity contribution is 5.38. The third-order valence-electron chi connectivity index (χ3n) is 3.71. The molecule has 100 valence electrons. The van der Waals surface area contributed by atoms with Crippen molar-refractivity contribution in [1.29, 1.82) is 0 Å². The van der Waals surface area contributed by atoms with E-state index in [9.17, 15) is 5.11 Å². The molecule has 1 aromatic rings. The lowest BCUT2D eigenvalue weighted by atomic mass is 10.1. The zero-order valence-electron chi connectivity index (χ0n) is 11.5. The largest absolute Gasteiger partial charge is 0.490 e. The standard InChI is InChI=1S/C16H24O2/c1-12-9-10-15(13(2)17)16(11-12)18-14-7-5-3-4-6-8-14/h9-11,13-14,17H,3-8H2,1-2H3. The van der Waals surface area contributed by atoms with Crippen LogP contribution in [0.15, 0.2) is 18.2 Å². The van der Waals surface area contributed by atoms with Gasteiger partial charge in [0.05, 0.1) is 12.2 Å². The summed E-state index contributed by atoms with van der Waals surface area (Å²) in [5.41, 5.74) is 2.09. The van der Waals surface area contributed by atoms with Crippen LogP contribution in [-0.2, 0) is 0 Å². The lowest BCUT2D eigenvalue weighted by Gasteiger charge is -2.21. The summed E-state index contributed by atoms with van der Waals surface area (Å²) in [6.07, 6.45) is 7.34. The molecule has 1 aliphatic carbocycles. The van der Waals surface area contributed by atoms with E-state index in [0.717, 1.165) is 24.2 Å². The van der Waals surface area contributed by atoms with Crippen LogP contribution in [0.2, 0.25) is 0 Å². The van der Waals surface area contributed by atoms with Crippen LogP contribution in [0.5, 0.6) is 5.75 Å². The Morgan fingerprint density at radius 2 is 1.83 bits per heavy atom. The monoisotopic (exact) mass is 248 g/mol. The third-order valence-corrected chi connectivity index (χ3v) is 3.71. The van der Waals surface area contributed by atoms with Gasteiger partial charge in [0, 0.05) is 5.56 Å². The van der Waals surface area contributed by atoms with Crippen LogP contribution >= 0.6 is 0 Å². The van der Waals surface area contributed by atoms with E-state index in [1.807, 2.05) is 18.2 Å². The molecule has 1 fully saturated rings. The highest BCUT2D eigenvalue weighted by Crippen LogP contribution is 2.30. The Kier molecular flexibility index (Phi) is 4.65. The Hall–Kier alpha value is -1.02. The van der Waals surface area contributed by atoms with Crippen molar-refractivity contribution >= 4 is 0 Å². The maximum atomic E-state index is 9.80. The highest BCUT2D eigenvalue weighted by Gasteiger charge is 2.17. The van der Waals surface area contributed by atoms with Gasteiger partial charge in [-0.15, -0.1) is 0 Å². The van der Waals surface area contributed by atoms with Crippen molar-refractivity contribution in [2.75, 3.05) is 0 Å². The molecule has 18 heavy (non-hydrogen) atoms. The average Bonchev–Trinajstić information content (AvgIpc) is 2.57. The van der Waals surface area contributed by atoms with E-state index in [1.165, 1.54) is 31.2 Å². The maximum Gasteiger partial charge on any atom is 0.125 e. The first-order valence-corrected chi connectivity index (χ1v) is 7.12. The molecule has 0 aliphatic heterocycles. The molecule has 0 saturated heterocycles. The highest BCUT2D eigenvalue weighted by atomic mass is 16.5. The van der Waals surface area contributed by atoms with Crippen molar-refractivity contribution < 1.29 is 9.84 Å². The fourth-order valence-corrected chi connectivity index (χ4v) is 2.63. The molecule has 0 spiro atoms. The van der Waals surface area contributed by atoms with E-state index < -0.39 is 6.10 Å². The number of rotatable bonds is 3. The second-order valence-corrected chi connectivity index (χ2v) is 5.45. The van der Waals surface area contributed by atoms with E-state index in [-0.39, 0.29) is 0 Å². The first-order chi connectivity index (χ1) is 8.66. The van der Waals surface area contributed by atoms with Gasteiger partial charge in [-0.1, -0.05) is 25.0 Å². The van der Waals surface area contributed by atoms with Gasteiger partial charge in [0.15, 0.2) is 0 Å². The molecular weight excluding hydrogens is 224 g/mol. The summed E-state index contributed by atoms with van der Waals surface area (Å²) in [5, 5.41) is 9.80. The quantitative estimate of drug-likeness (QED) is 0.814. The van der Waals surface area contributed by atoms with Gasteiger partial charge >= 0.3 is 0 Å². The molecule has 2 nitrogen and oxygen atoms in total. The molecule has 0 amide bonds. The van der Waals surface area contributed by atoms with E-state index in [4.69, 9.17) is 4.74 Å². The molecule has 1 unspecified atom stereocenters. The van der Waals surface area contributed by atoms with Crippen molar-refractivity contribution in [3.05, 3.63) is 29.3 Å². The summed E-state index contributed by atoms with van der Waals surface area (Å²) in [4.78, 5) is 0. The number of benzene rings is 1. The third kappa shape index (κ3) is 3.49. The summed E-state index contributed by atoms with van der Waals surface area (Å²) in [5.74, 6) is 0.872. The van der Waals surface area contributed by atoms with Gasteiger partial charge in [0.25, 0.3) is 0 Å². The minimum absolute atomic E-state index is 0.326. The van der Waals surface area contributed by atoms with Gasteiger partial charge in [-0.2, -0.15) is 0 Å². The molecule has 0 radical (unpaired) electrons. The van der Waals surface area contributed by atoms with Crippen LogP contribution in [0.3, 0.4) is 0 Å². The molecule has 1 aromatic carbocycles. The summed E-state index contributed by atoms with van der Waals surface area (Å²) < 4.78 is 6.15. The SMILES string of the molecule is Cc1ccc(C(C)O)c(OC2CCCCCC2)c1. The van der Waals surface area contributed by atoms with Gasteiger partial charge in [-0.05, 0) is 51.2 Å². The Labute approximate surface area is 110 Å². The number of aryl methyl sites for hydroxylation is 1.